The maximum Gasteiger partial charge on any atom is 2.00 e. The smallest absolute Gasteiger partial charge is 0.550 e. The molecule has 0 aromatic carbocycles. The van der Waals surface area contributed by atoms with Gasteiger partial charge in [-0.05, 0) is 6.92 Å². The molecule has 0 saturated carbocycles. The van der Waals surface area contributed by atoms with Gasteiger partial charge in [-0.2, -0.15) is 0 Å². The van der Waals surface area contributed by atoms with Gasteiger partial charge in [-0.3, -0.25) is 0 Å². The third-order valence-corrected chi connectivity index (χ3v) is 0.129. The first-order chi connectivity index (χ1) is 3.65. The van der Waals surface area contributed by atoms with Gasteiger partial charge in [0.1, 0.15) is 0 Å². The Morgan fingerprint density at radius 1 is 1.78 bits per heavy atom. The number of carbonyl (C=O) groups is 1. The van der Waals surface area contributed by atoms with Crippen LogP contribution in [0.4, 0.5) is 0 Å². The first-order valence-corrected chi connectivity index (χ1v) is 2.13. The van der Waals surface area contributed by atoms with Crippen molar-refractivity contribution >= 4 is 5.97 Å². The number of nitrogens with two attached hydrogens (primary N) is 1. The molecular formula is C4H10NO3Pt+. The Balaban J connectivity index is -0.0000000720. The summed E-state index contributed by atoms with van der Waals surface area (Å²) >= 11 is 0. The average Bonchev–Trinajstić information content (AvgIpc) is 1.65. The van der Waals surface area contributed by atoms with E-state index in [0.717, 1.165) is 6.92 Å². The normalized spacial score (nSPS) is 6.11. The number of aliphatic carboxylic acids is 1. The topological polar surface area (TPSA) is 86.4 Å². The van der Waals surface area contributed by atoms with Gasteiger partial charge in [-0.1, -0.05) is 0 Å². The molecule has 0 heterocycles. The molecule has 0 aliphatic carbocycles. The van der Waals surface area contributed by atoms with E-state index in [2.05, 4.69) is 0 Å². The monoisotopic (exact) mass is 315 g/mol. The second-order valence-electron chi connectivity index (χ2n) is 1.00. The van der Waals surface area contributed by atoms with E-state index in [-0.39, 0.29) is 27.7 Å². The largest absolute Gasteiger partial charge is 2.00 e. The van der Waals surface area contributed by atoms with Gasteiger partial charge in [0.05, 0.1) is 6.61 Å². The van der Waals surface area contributed by atoms with Crippen molar-refractivity contribution in [3.05, 3.63) is 0 Å². The van der Waals surface area contributed by atoms with E-state index in [1.54, 1.807) is 0 Å². The Morgan fingerprint density at radius 2 is 1.89 bits per heavy atom. The van der Waals surface area contributed by atoms with E-state index < -0.39 is 5.97 Å². The van der Waals surface area contributed by atoms with Crippen molar-refractivity contribution in [2.75, 3.05) is 13.2 Å². The zero-order valence-electron chi connectivity index (χ0n) is 5.07. The molecule has 0 unspecified atom stereocenters. The zero-order valence-corrected chi connectivity index (χ0v) is 7.34. The van der Waals surface area contributed by atoms with Gasteiger partial charge in [0, 0.05) is 12.5 Å². The number of carboxylic acids is 1. The SMILES string of the molecule is CC(=O)[O-].NCCO.[Pt+2]. The van der Waals surface area contributed by atoms with E-state index in [9.17, 15) is 0 Å². The Hall–Kier alpha value is 0.0783. The minimum absolute atomic E-state index is 0. The van der Waals surface area contributed by atoms with E-state index >= 15 is 0 Å². The van der Waals surface area contributed by atoms with Gasteiger partial charge in [0.2, 0.25) is 0 Å². The molecule has 0 aromatic heterocycles. The van der Waals surface area contributed by atoms with Crippen molar-refractivity contribution in [2.45, 2.75) is 6.92 Å². The summed E-state index contributed by atoms with van der Waals surface area (Å²) in [6, 6.07) is 0. The predicted octanol–water partition coefficient (Wildman–Crippen LogP) is -2.31. The van der Waals surface area contributed by atoms with Gasteiger partial charge >= 0.3 is 21.1 Å². The maximum atomic E-state index is 8.89. The Kier molecular flexibility index (Phi) is 28.0. The first kappa shape index (κ1) is 16.0. The second-order valence-corrected chi connectivity index (χ2v) is 1.00. The predicted molar refractivity (Wildman–Crippen MR) is 26.8 cm³/mol. The van der Waals surface area contributed by atoms with Crippen LogP contribution < -0.4 is 10.8 Å². The van der Waals surface area contributed by atoms with Gasteiger partial charge < -0.3 is 20.7 Å². The fraction of sp³-hybridized carbons (Fsp3) is 0.750. The number of aliphatic hydroxyl groups is 1. The molecule has 0 rings (SSSR count). The molecule has 3 N–H and O–H groups in total. The molecule has 5 heteroatoms. The van der Waals surface area contributed by atoms with Crippen LogP contribution in [0, 0.1) is 0 Å². The molecule has 0 aliphatic rings. The van der Waals surface area contributed by atoms with Crippen molar-refractivity contribution in [1.82, 2.24) is 0 Å². The summed E-state index contributed by atoms with van der Waals surface area (Å²) in [5.41, 5.74) is 4.78. The number of hydrogen-bond donors (Lipinski definition) is 2. The van der Waals surface area contributed by atoms with Gasteiger partial charge in [-0.25, -0.2) is 0 Å². The van der Waals surface area contributed by atoms with Crippen LogP contribution in [0.25, 0.3) is 0 Å². The Bertz CT molecular complexity index is 53.8. The average molecular weight is 315 g/mol. The van der Waals surface area contributed by atoms with Crippen LogP contribution in [0.15, 0.2) is 0 Å². The molecule has 58 valence electrons. The number of carboxylic acid groups (broad SMARTS) is 1. The van der Waals surface area contributed by atoms with Crippen LogP contribution in [-0.2, 0) is 25.9 Å². The summed E-state index contributed by atoms with van der Waals surface area (Å²) in [5, 5.41) is 16.6. The summed E-state index contributed by atoms with van der Waals surface area (Å²) in [6.45, 7) is 1.44. The number of rotatable bonds is 1. The van der Waals surface area contributed by atoms with Crippen molar-refractivity contribution < 1.29 is 36.1 Å². The van der Waals surface area contributed by atoms with E-state index in [1.807, 2.05) is 0 Å². The van der Waals surface area contributed by atoms with Crippen LogP contribution in [0.5, 0.6) is 0 Å². The number of aliphatic hydroxyl groups excluding tert-OH is 1. The maximum absolute atomic E-state index is 8.89. The van der Waals surface area contributed by atoms with Crippen molar-refractivity contribution in [3.63, 3.8) is 0 Å². The molecule has 0 fully saturated rings. The van der Waals surface area contributed by atoms with Gasteiger partial charge in [0.25, 0.3) is 0 Å². The van der Waals surface area contributed by atoms with Crippen molar-refractivity contribution in [2.24, 2.45) is 5.73 Å². The molecule has 0 bridgehead atoms. The Morgan fingerprint density at radius 3 is 1.89 bits per heavy atom. The fourth-order valence-corrected chi connectivity index (χ4v) is 0. The minimum Gasteiger partial charge on any atom is -0.550 e. The molecule has 0 atom stereocenters. The molecule has 4 nitrogen and oxygen atoms in total. The van der Waals surface area contributed by atoms with Crippen LogP contribution in [0.3, 0.4) is 0 Å². The van der Waals surface area contributed by atoms with E-state index in [4.69, 9.17) is 20.7 Å². The molecule has 0 spiro atoms. The number of carbonyl (C=O) groups excluding carboxylic acids is 1. The quantitative estimate of drug-likeness (QED) is 0.569. The summed E-state index contributed by atoms with van der Waals surface area (Å²) in [5.74, 6) is -1.08. The fourth-order valence-electron chi connectivity index (χ4n) is 0. The standard InChI is InChI=1S/C2H7NO.C2H4O2.Pt/c3-1-2-4;1-2(3)4;/h4H,1-3H2;1H3,(H,3,4);/q;;+2/p-1. The second kappa shape index (κ2) is 15.7. The zero-order chi connectivity index (χ0) is 6.99. The summed E-state index contributed by atoms with van der Waals surface area (Å²) in [6.07, 6.45) is 0. The molecule has 0 aliphatic heterocycles. The van der Waals surface area contributed by atoms with Gasteiger partial charge in [0.15, 0.2) is 0 Å². The van der Waals surface area contributed by atoms with E-state index in [0.29, 0.717) is 6.54 Å². The Labute approximate surface area is 68.3 Å². The molecular weight excluding hydrogens is 305 g/mol. The third kappa shape index (κ3) is 257. The van der Waals surface area contributed by atoms with Crippen molar-refractivity contribution in [1.29, 1.82) is 0 Å². The van der Waals surface area contributed by atoms with Crippen molar-refractivity contribution in [3.8, 4) is 0 Å². The molecule has 0 radical (unpaired) electrons. The summed E-state index contributed by atoms with van der Waals surface area (Å²) < 4.78 is 0. The molecule has 0 amide bonds. The van der Waals surface area contributed by atoms with Crippen LogP contribution in [0.1, 0.15) is 6.92 Å². The molecule has 9 heavy (non-hydrogen) atoms. The van der Waals surface area contributed by atoms with Crippen LogP contribution in [-0.4, -0.2) is 24.2 Å². The third-order valence-electron chi connectivity index (χ3n) is 0.129. The molecule has 0 aromatic rings. The summed E-state index contributed by atoms with van der Waals surface area (Å²) in [7, 11) is 0. The summed E-state index contributed by atoms with van der Waals surface area (Å²) in [4.78, 5) is 8.89. The first-order valence-electron chi connectivity index (χ1n) is 2.13. The van der Waals surface area contributed by atoms with Gasteiger partial charge in [-0.15, -0.1) is 0 Å². The van der Waals surface area contributed by atoms with Crippen LogP contribution >= 0.6 is 0 Å². The number of hydrogen-bond acceptors (Lipinski definition) is 4. The van der Waals surface area contributed by atoms with Crippen LogP contribution in [0.2, 0.25) is 0 Å². The van der Waals surface area contributed by atoms with E-state index in [1.165, 1.54) is 0 Å². The minimum atomic E-state index is -1.08. The molecule has 0 saturated heterocycles.